The highest BCUT2D eigenvalue weighted by atomic mass is 79.9. The minimum atomic E-state index is -0.531. The maximum Gasteiger partial charge on any atom is 0.297 e. The number of halogens is 1. The number of ketones is 1. The van der Waals surface area contributed by atoms with Gasteiger partial charge in [0.2, 0.25) is 5.91 Å². The van der Waals surface area contributed by atoms with Crippen LogP contribution in [0.4, 0.5) is 11.4 Å². The average Bonchev–Trinajstić information content (AvgIpc) is 2.73. The van der Waals surface area contributed by atoms with Crippen LogP contribution < -0.4 is 9.64 Å². The number of nitro groups is 1. The van der Waals surface area contributed by atoms with Crippen molar-refractivity contribution in [2.45, 2.75) is 31.6 Å². The van der Waals surface area contributed by atoms with E-state index in [9.17, 15) is 19.7 Å². The van der Waals surface area contributed by atoms with Crippen molar-refractivity contribution in [3.63, 3.8) is 0 Å². The summed E-state index contributed by atoms with van der Waals surface area (Å²) < 4.78 is 5.97. The zero-order valence-corrected chi connectivity index (χ0v) is 17.8. The van der Waals surface area contributed by atoms with Crippen molar-refractivity contribution in [2.75, 3.05) is 12.0 Å². The molecule has 0 N–H and O–H groups in total. The lowest BCUT2D eigenvalue weighted by Gasteiger charge is -2.38. The van der Waals surface area contributed by atoms with Crippen molar-refractivity contribution in [3.05, 3.63) is 73.9 Å². The predicted molar refractivity (Wildman–Crippen MR) is 115 cm³/mol. The van der Waals surface area contributed by atoms with Crippen LogP contribution in [0.1, 0.15) is 37.2 Å². The first-order chi connectivity index (χ1) is 14.4. The number of nitrogens with zero attached hydrogens (tertiary/aromatic N) is 2. The highest BCUT2D eigenvalue weighted by Crippen LogP contribution is 2.46. The van der Waals surface area contributed by atoms with E-state index in [1.807, 2.05) is 24.3 Å². The molecule has 4 rings (SSSR count). The quantitative estimate of drug-likeness (QED) is 0.468. The lowest BCUT2D eigenvalue weighted by Crippen LogP contribution is -2.40. The molecule has 2 aromatic carbocycles. The van der Waals surface area contributed by atoms with Crippen LogP contribution in [0.3, 0.4) is 0 Å². The molecule has 0 fully saturated rings. The molecule has 0 spiro atoms. The predicted octanol–water partition coefficient (Wildman–Crippen LogP) is 4.89. The number of Topliss-reactive ketones (excluding diaryl/α,β-unsaturated/α-hetero) is 1. The van der Waals surface area contributed by atoms with Crippen LogP contribution in [-0.2, 0) is 9.59 Å². The monoisotopic (exact) mass is 470 g/mol. The number of ether oxygens (including phenoxy) is 1. The number of amides is 1. The third-order valence-electron chi connectivity index (χ3n) is 5.55. The Morgan fingerprint density at radius 2 is 1.97 bits per heavy atom. The molecule has 8 heteroatoms. The number of allylic oxidation sites excluding steroid dienone is 2. The van der Waals surface area contributed by atoms with Crippen LogP contribution in [0, 0.1) is 10.1 Å². The Balaban J connectivity index is 1.90. The fraction of sp³-hybridized carbons (Fsp3) is 0.273. The maximum absolute atomic E-state index is 13.3. The summed E-state index contributed by atoms with van der Waals surface area (Å²) in [6.07, 6.45) is 1.61. The van der Waals surface area contributed by atoms with Gasteiger partial charge in [0, 0.05) is 34.5 Å². The molecular formula is C22H19BrN2O5. The minimum Gasteiger partial charge on any atom is -0.496 e. The highest BCUT2D eigenvalue weighted by molar-refractivity contribution is 9.10. The van der Waals surface area contributed by atoms with Crippen molar-refractivity contribution >= 4 is 39.0 Å². The minimum absolute atomic E-state index is 0.00473. The number of rotatable bonds is 4. The van der Waals surface area contributed by atoms with Gasteiger partial charge in [0.1, 0.15) is 11.4 Å². The lowest BCUT2D eigenvalue weighted by molar-refractivity contribution is -0.384. The van der Waals surface area contributed by atoms with Crippen LogP contribution in [0.15, 0.2) is 58.2 Å². The van der Waals surface area contributed by atoms with E-state index in [1.54, 1.807) is 6.07 Å². The fourth-order valence-corrected chi connectivity index (χ4v) is 4.66. The fourth-order valence-electron chi connectivity index (χ4n) is 4.25. The van der Waals surface area contributed by atoms with Crippen molar-refractivity contribution in [2.24, 2.45) is 0 Å². The first-order valence-electron chi connectivity index (χ1n) is 9.57. The molecule has 0 aromatic heterocycles. The van der Waals surface area contributed by atoms with Crippen molar-refractivity contribution in [1.29, 1.82) is 0 Å². The van der Waals surface area contributed by atoms with E-state index < -0.39 is 4.92 Å². The summed E-state index contributed by atoms with van der Waals surface area (Å²) in [5.41, 5.74) is 1.98. The van der Waals surface area contributed by atoms with E-state index in [2.05, 4.69) is 15.9 Å². The summed E-state index contributed by atoms with van der Waals surface area (Å²) in [6, 6.07) is 12.0. The van der Waals surface area contributed by atoms with Crippen molar-refractivity contribution in [1.82, 2.24) is 0 Å². The van der Waals surface area contributed by atoms with Gasteiger partial charge in [0.05, 0.1) is 18.1 Å². The van der Waals surface area contributed by atoms with Gasteiger partial charge < -0.3 is 4.74 Å². The van der Waals surface area contributed by atoms with Gasteiger partial charge in [-0.05, 0) is 42.7 Å². The number of hydrogen-bond acceptors (Lipinski definition) is 5. The van der Waals surface area contributed by atoms with E-state index in [4.69, 9.17) is 4.74 Å². The third-order valence-corrected chi connectivity index (χ3v) is 6.04. The molecule has 1 unspecified atom stereocenters. The summed E-state index contributed by atoms with van der Waals surface area (Å²) in [4.78, 5) is 38.8. The normalized spacial score (nSPS) is 19.0. The molecule has 0 saturated carbocycles. The Morgan fingerprint density at radius 1 is 1.17 bits per heavy atom. The molecule has 2 aromatic rings. The van der Waals surface area contributed by atoms with Gasteiger partial charge in [-0.1, -0.05) is 28.1 Å². The second kappa shape index (κ2) is 8.02. The summed E-state index contributed by atoms with van der Waals surface area (Å²) in [7, 11) is 1.42. The maximum atomic E-state index is 13.3. The van der Waals surface area contributed by atoms with Crippen LogP contribution in [0.5, 0.6) is 5.75 Å². The smallest absolute Gasteiger partial charge is 0.297 e. The topological polar surface area (TPSA) is 89.8 Å². The van der Waals surface area contributed by atoms with Gasteiger partial charge in [-0.15, -0.1) is 0 Å². The van der Waals surface area contributed by atoms with Crippen LogP contribution in [-0.4, -0.2) is 23.7 Å². The summed E-state index contributed by atoms with van der Waals surface area (Å²) in [6.45, 7) is 0. The van der Waals surface area contributed by atoms with Gasteiger partial charge in [0.15, 0.2) is 5.78 Å². The Hall–Kier alpha value is -3.00. The number of nitro benzene ring substituents is 1. The molecule has 1 aliphatic heterocycles. The van der Waals surface area contributed by atoms with Crippen molar-refractivity contribution in [3.8, 4) is 5.75 Å². The Morgan fingerprint density at radius 3 is 2.67 bits per heavy atom. The van der Waals surface area contributed by atoms with Crippen LogP contribution >= 0.6 is 15.9 Å². The van der Waals surface area contributed by atoms with E-state index >= 15 is 0 Å². The standard InChI is InChI=1S/C22H19BrN2O5/c1-30-15-8-9-17(19(11-15)25(28)29)24-18-6-3-7-20(26)22(18)16(12-21(24)27)13-4-2-5-14(23)10-13/h2,4-5,8-11,16H,3,6-7,12H2,1H3. The van der Waals surface area contributed by atoms with Gasteiger partial charge in [0.25, 0.3) is 5.69 Å². The summed E-state index contributed by atoms with van der Waals surface area (Å²) in [5, 5.41) is 11.7. The number of hydrogen-bond donors (Lipinski definition) is 0. The molecule has 1 atom stereocenters. The van der Waals surface area contributed by atoms with Gasteiger partial charge >= 0.3 is 0 Å². The molecule has 7 nitrogen and oxygen atoms in total. The molecule has 154 valence electrons. The Kier molecular flexibility index (Phi) is 5.42. The molecule has 0 radical (unpaired) electrons. The zero-order valence-electron chi connectivity index (χ0n) is 16.3. The number of benzene rings is 2. The Labute approximate surface area is 181 Å². The van der Waals surface area contributed by atoms with E-state index in [1.165, 1.54) is 24.1 Å². The molecule has 1 aliphatic carbocycles. The number of methoxy groups -OCH3 is 1. The molecule has 0 saturated heterocycles. The molecule has 1 amide bonds. The highest BCUT2D eigenvalue weighted by Gasteiger charge is 2.41. The van der Waals surface area contributed by atoms with Gasteiger partial charge in [-0.25, -0.2) is 0 Å². The number of anilines is 1. The van der Waals surface area contributed by atoms with Crippen LogP contribution in [0.2, 0.25) is 0 Å². The summed E-state index contributed by atoms with van der Waals surface area (Å²) >= 11 is 3.45. The first kappa shape index (κ1) is 20.3. The Bertz CT molecular complexity index is 1090. The second-order valence-corrected chi connectivity index (χ2v) is 8.21. The van der Waals surface area contributed by atoms with Crippen molar-refractivity contribution < 1.29 is 19.2 Å². The molecule has 30 heavy (non-hydrogen) atoms. The second-order valence-electron chi connectivity index (χ2n) is 7.29. The number of carbonyl (C=O) groups excluding carboxylic acids is 2. The molecular weight excluding hydrogens is 452 g/mol. The first-order valence-corrected chi connectivity index (χ1v) is 10.4. The average molecular weight is 471 g/mol. The molecule has 2 aliphatic rings. The molecule has 0 bridgehead atoms. The van der Waals surface area contributed by atoms with E-state index in [0.717, 1.165) is 10.0 Å². The zero-order chi connectivity index (χ0) is 21.4. The number of carbonyl (C=O) groups is 2. The summed E-state index contributed by atoms with van der Waals surface area (Å²) in [5.74, 6) is -0.293. The van der Waals surface area contributed by atoms with E-state index in [0.29, 0.717) is 36.3 Å². The molecule has 1 heterocycles. The third kappa shape index (κ3) is 3.52. The lowest BCUT2D eigenvalue weighted by atomic mass is 9.77. The van der Waals surface area contributed by atoms with E-state index in [-0.39, 0.29) is 35.4 Å². The van der Waals surface area contributed by atoms with Gasteiger partial charge in [-0.3, -0.25) is 24.6 Å². The van der Waals surface area contributed by atoms with Crippen LogP contribution in [0.25, 0.3) is 0 Å². The SMILES string of the molecule is COc1ccc(N2C(=O)CC(c3cccc(Br)c3)C3=C2CCCC3=O)c([N+](=O)[O-])c1. The van der Waals surface area contributed by atoms with Gasteiger partial charge in [-0.2, -0.15) is 0 Å². The largest absolute Gasteiger partial charge is 0.496 e.